The smallest absolute Gasteiger partial charge is 0.110 e. The van der Waals surface area contributed by atoms with Gasteiger partial charge in [-0.3, -0.25) is 0 Å². The third-order valence-electron chi connectivity index (χ3n) is 3.20. The highest BCUT2D eigenvalue weighted by molar-refractivity contribution is 5.21. The summed E-state index contributed by atoms with van der Waals surface area (Å²) in [6, 6.07) is 0. The van der Waals surface area contributed by atoms with Crippen LogP contribution in [0.5, 0.6) is 0 Å². The predicted octanol–water partition coefficient (Wildman–Crippen LogP) is 0.766. The molecule has 84 valence electrons. The summed E-state index contributed by atoms with van der Waals surface area (Å²) in [4.78, 5) is 4.43. The molecule has 2 rings (SSSR count). The molecule has 2 atom stereocenters. The molecular weight excluding hydrogens is 190 g/mol. The van der Waals surface area contributed by atoms with Crippen LogP contribution in [0.3, 0.4) is 0 Å². The van der Waals surface area contributed by atoms with Crippen molar-refractivity contribution in [3.05, 3.63) is 17.2 Å². The topological polar surface area (TPSA) is 64.1 Å². The molecule has 3 N–H and O–H groups in total. The van der Waals surface area contributed by atoms with E-state index in [1.54, 1.807) is 0 Å². The minimum absolute atomic E-state index is 0.249. The summed E-state index contributed by atoms with van der Waals surface area (Å²) < 4.78 is 2.22. The Morgan fingerprint density at radius 3 is 3.07 bits per heavy atom. The molecule has 0 amide bonds. The Morgan fingerprint density at radius 1 is 1.67 bits per heavy atom. The van der Waals surface area contributed by atoms with Crippen LogP contribution in [0.2, 0.25) is 0 Å². The summed E-state index contributed by atoms with van der Waals surface area (Å²) in [6.45, 7) is 5.51. The van der Waals surface area contributed by atoms with Crippen molar-refractivity contribution >= 4 is 0 Å². The van der Waals surface area contributed by atoms with E-state index < -0.39 is 6.10 Å². The summed E-state index contributed by atoms with van der Waals surface area (Å²) in [5, 5.41) is 9.76. The van der Waals surface area contributed by atoms with Crippen molar-refractivity contribution in [1.29, 1.82) is 0 Å². The maximum absolute atomic E-state index is 9.76. The van der Waals surface area contributed by atoms with Crippen molar-refractivity contribution in [2.45, 2.75) is 39.3 Å². The lowest BCUT2D eigenvalue weighted by Crippen LogP contribution is -2.21. The first kappa shape index (κ1) is 10.6. The number of hydrogen-bond acceptors (Lipinski definition) is 3. The zero-order chi connectivity index (χ0) is 11.0. The minimum Gasteiger partial charge on any atom is -0.385 e. The molecule has 15 heavy (non-hydrogen) atoms. The molecule has 1 aromatic rings. The molecule has 0 spiro atoms. The first-order valence-electron chi connectivity index (χ1n) is 5.57. The second kappa shape index (κ2) is 3.94. The van der Waals surface area contributed by atoms with Gasteiger partial charge in [0, 0.05) is 18.8 Å². The number of aromatic nitrogens is 2. The molecule has 0 aromatic carbocycles. The van der Waals surface area contributed by atoms with Gasteiger partial charge < -0.3 is 15.4 Å². The largest absolute Gasteiger partial charge is 0.385 e. The van der Waals surface area contributed by atoms with E-state index in [1.165, 1.54) is 12.1 Å². The first-order valence-corrected chi connectivity index (χ1v) is 5.57. The number of nitrogens with two attached hydrogens (primary N) is 1. The molecular formula is C11H19N3O. The van der Waals surface area contributed by atoms with Crippen molar-refractivity contribution in [2.75, 3.05) is 6.54 Å². The molecule has 4 nitrogen and oxygen atoms in total. The highest BCUT2D eigenvalue weighted by atomic mass is 16.3. The summed E-state index contributed by atoms with van der Waals surface area (Å²) in [6.07, 6.45) is 1.58. The molecule has 1 aliphatic rings. The average molecular weight is 209 g/mol. The van der Waals surface area contributed by atoms with Gasteiger partial charge in [0.2, 0.25) is 0 Å². The first-order chi connectivity index (χ1) is 7.13. The van der Waals surface area contributed by atoms with E-state index in [9.17, 15) is 5.11 Å². The van der Waals surface area contributed by atoms with Crippen molar-refractivity contribution in [2.24, 2.45) is 11.7 Å². The van der Waals surface area contributed by atoms with Crippen LogP contribution >= 0.6 is 0 Å². The number of imidazole rings is 1. The van der Waals surface area contributed by atoms with Gasteiger partial charge in [-0.05, 0) is 25.7 Å². The van der Waals surface area contributed by atoms with Crippen LogP contribution in [0.1, 0.15) is 36.7 Å². The maximum atomic E-state index is 9.76. The number of fused-ring (bicyclic) bond motifs is 1. The van der Waals surface area contributed by atoms with Gasteiger partial charge in [-0.2, -0.15) is 0 Å². The fourth-order valence-electron chi connectivity index (χ4n) is 2.30. The van der Waals surface area contributed by atoms with Crippen LogP contribution < -0.4 is 5.73 Å². The van der Waals surface area contributed by atoms with E-state index in [1.807, 2.05) is 6.92 Å². The monoisotopic (exact) mass is 209 g/mol. The summed E-state index contributed by atoms with van der Waals surface area (Å²) in [7, 11) is 0. The Hall–Kier alpha value is -0.870. The zero-order valence-electron chi connectivity index (χ0n) is 9.40. The van der Waals surface area contributed by atoms with E-state index in [2.05, 4.69) is 16.5 Å². The number of aliphatic hydroxyl groups is 1. The molecule has 0 bridgehead atoms. The van der Waals surface area contributed by atoms with Gasteiger partial charge in [-0.15, -0.1) is 0 Å². The third-order valence-corrected chi connectivity index (χ3v) is 3.20. The number of rotatable bonds is 2. The van der Waals surface area contributed by atoms with Gasteiger partial charge in [0.05, 0.1) is 5.69 Å². The van der Waals surface area contributed by atoms with Gasteiger partial charge in [0.25, 0.3) is 0 Å². The SMILES string of the molecule is Cc1nc(C(O)CN)c2n1CC(C)CC2. The third kappa shape index (κ3) is 1.79. The van der Waals surface area contributed by atoms with Crippen LogP contribution in [-0.2, 0) is 13.0 Å². The van der Waals surface area contributed by atoms with Gasteiger partial charge >= 0.3 is 0 Å². The van der Waals surface area contributed by atoms with Crippen LogP contribution in [0.15, 0.2) is 0 Å². The van der Waals surface area contributed by atoms with Crippen LogP contribution in [-0.4, -0.2) is 21.2 Å². The molecule has 0 fully saturated rings. The van der Waals surface area contributed by atoms with Crippen molar-refractivity contribution in [1.82, 2.24) is 9.55 Å². The van der Waals surface area contributed by atoms with Crippen LogP contribution in [0.4, 0.5) is 0 Å². The quantitative estimate of drug-likeness (QED) is 0.756. The molecule has 1 aliphatic heterocycles. The lowest BCUT2D eigenvalue weighted by molar-refractivity contribution is 0.180. The molecule has 0 radical (unpaired) electrons. The lowest BCUT2D eigenvalue weighted by atomic mass is 9.98. The van der Waals surface area contributed by atoms with Gasteiger partial charge in [-0.1, -0.05) is 6.92 Å². The Morgan fingerprint density at radius 2 is 2.40 bits per heavy atom. The van der Waals surface area contributed by atoms with Crippen molar-refractivity contribution in [3.63, 3.8) is 0 Å². The van der Waals surface area contributed by atoms with Gasteiger partial charge in [-0.25, -0.2) is 4.98 Å². The second-order valence-corrected chi connectivity index (χ2v) is 4.50. The Balaban J connectivity index is 2.39. The van der Waals surface area contributed by atoms with Crippen molar-refractivity contribution < 1.29 is 5.11 Å². The molecule has 0 saturated carbocycles. The second-order valence-electron chi connectivity index (χ2n) is 4.50. The Kier molecular flexibility index (Phi) is 2.80. The van der Waals surface area contributed by atoms with E-state index in [-0.39, 0.29) is 6.54 Å². The van der Waals surface area contributed by atoms with Gasteiger partial charge in [0.15, 0.2) is 0 Å². The highest BCUT2D eigenvalue weighted by Crippen LogP contribution is 2.27. The molecule has 1 aromatic heterocycles. The number of hydrogen-bond donors (Lipinski definition) is 2. The zero-order valence-corrected chi connectivity index (χ0v) is 9.40. The van der Waals surface area contributed by atoms with E-state index in [4.69, 9.17) is 5.73 Å². The van der Waals surface area contributed by atoms with E-state index in [0.717, 1.165) is 24.5 Å². The van der Waals surface area contributed by atoms with Crippen LogP contribution in [0, 0.1) is 12.8 Å². The lowest BCUT2D eigenvalue weighted by Gasteiger charge is -2.23. The standard InChI is InChI=1S/C11H19N3O/c1-7-3-4-9-11(10(15)5-12)13-8(2)14(9)6-7/h7,10,15H,3-6,12H2,1-2H3. The Labute approximate surface area is 90.1 Å². The normalized spacial score (nSPS) is 22.5. The van der Waals surface area contributed by atoms with E-state index in [0.29, 0.717) is 5.92 Å². The number of aryl methyl sites for hydroxylation is 1. The molecule has 2 unspecified atom stereocenters. The molecule has 2 heterocycles. The van der Waals surface area contributed by atoms with Gasteiger partial charge in [0.1, 0.15) is 11.9 Å². The fraction of sp³-hybridized carbons (Fsp3) is 0.727. The summed E-state index contributed by atoms with van der Waals surface area (Å²) in [5.74, 6) is 1.70. The van der Waals surface area contributed by atoms with E-state index >= 15 is 0 Å². The van der Waals surface area contributed by atoms with Crippen molar-refractivity contribution in [3.8, 4) is 0 Å². The minimum atomic E-state index is -0.603. The fourth-order valence-corrected chi connectivity index (χ4v) is 2.30. The molecule has 0 saturated heterocycles. The highest BCUT2D eigenvalue weighted by Gasteiger charge is 2.24. The molecule has 4 heteroatoms. The number of aliphatic hydroxyl groups excluding tert-OH is 1. The summed E-state index contributed by atoms with van der Waals surface area (Å²) >= 11 is 0. The Bertz CT molecular complexity index is 359. The number of nitrogens with zero attached hydrogens (tertiary/aromatic N) is 2. The summed E-state index contributed by atoms with van der Waals surface area (Å²) in [5.41, 5.74) is 7.45. The predicted molar refractivity (Wildman–Crippen MR) is 58.5 cm³/mol. The van der Waals surface area contributed by atoms with Crippen LogP contribution in [0.25, 0.3) is 0 Å². The molecule has 0 aliphatic carbocycles. The average Bonchev–Trinajstić information content (AvgIpc) is 2.55. The maximum Gasteiger partial charge on any atom is 0.110 e.